The van der Waals surface area contributed by atoms with Crippen LogP contribution in [0.15, 0.2) is 24.5 Å². The summed E-state index contributed by atoms with van der Waals surface area (Å²) in [5, 5.41) is 9.14. The molecule has 106 valence electrons. The molecule has 1 aliphatic heterocycles. The van der Waals surface area contributed by atoms with Gasteiger partial charge in [0.2, 0.25) is 0 Å². The number of carboxylic acid groups (broad SMARTS) is 1. The molecule has 2 heterocycles. The van der Waals surface area contributed by atoms with Gasteiger partial charge in [0, 0.05) is 6.04 Å². The fraction of sp³-hybridized carbons (Fsp3) is 0.385. The largest absolute Gasteiger partial charge is 0.478 e. The van der Waals surface area contributed by atoms with E-state index in [1.54, 1.807) is 23.0 Å². The van der Waals surface area contributed by atoms with Gasteiger partial charge in [-0.25, -0.2) is 18.2 Å². The summed E-state index contributed by atoms with van der Waals surface area (Å²) in [6.45, 7) is 0. The highest BCUT2D eigenvalue weighted by Gasteiger charge is 2.27. The molecule has 1 N–H and O–H groups in total. The number of carbonyl (C=O) groups is 1. The van der Waals surface area contributed by atoms with Gasteiger partial charge in [0.1, 0.15) is 5.52 Å². The van der Waals surface area contributed by atoms with E-state index < -0.39 is 15.8 Å². The Kier molecular flexibility index (Phi) is 3.01. The smallest absolute Gasteiger partial charge is 0.337 e. The number of hydrogen-bond acceptors (Lipinski definition) is 4. The molecule has 1 fully saturated rings. The zero-order chi connectivity index (χ0) is 14.3. The predicted octanol–water partition coefficient (Wildman–Crippen LogP) is 1.48. The first-order valence-electron chi connectivity index (χ1n) is 6.37. The van der Waals surface area contributed by atoms with Gasteiger partial charge in [-0.05, 0) is 25.0 Å². The van der Waals surface area contributed by atoms with E-state index >= 15 is 0 Å². The number of imidazole rings is 1. The quantitative estimate of drug-likeness (QED) is 0.906. The van der Waals surface area contributed by atoms with Gasteiger partial charge in [-0.3, -0.25) is 0 Å². The van der Waals surface area contributed by atoms with Crippen LogP contribution in [0, 0.1) is 0 Å². The molecule has 1 saturated heterocycles. The third-order valence-electron chi connectivity index (χ3n) is 3.67. The number of sulfone groups is 1. The van der Waals surface area contributed by atoms with Gasteiger partial charge in [-0.1, -0.05) is 6.07 Å². The van der Waals surface area contributed by atoms with E-state index in [9.17, 15) is 13.2 Å². The molecule has 1 aromatic heterocycles. The van der Waals surface area contributed by atoms with Gasteiger partial charge in [-0.2, -0.15) is 0 Å². The first kappa shape index (κ1) is 13.1. The fourth-order valence-electron chi connectivity index (χ4n) is 2.74. The maximum atomic E-state index is 11.7. The highest BCUT2D eigenvalue weighted by atomic mass is 32.2. The summed E-state index contributed by atoms with van der Waals surface area (Å²) in [5.41, 5.74) is 1.22. The fourth-order valence-corrected chi connectivity index (χ4v) is 4.43. The highest BCUT2D eigenvalue weighted by Crippen LogP contribution is 2.28. The maximum Gasteiger partial charge on any atom is 0.337 e. The van der Waals surface area contributed by atoms with Crippen molar-refractivity contribution in [1.29, 1.82) is 0 Å². The van der Waals surface area contributed by atoms with E-state index in [0.29, 0.717) is 17.5 Å². The van der Waals surface area contributed by atoms with Gasteiger partial charge in [-0.15, -0.1) is 0 Å². The van der Waals surface area contributed by atoms with Crippen LogP contribution in [0.1, 0.15) is 29.2 Å². The van der Waals surface area contributed by atoms with Crippen LogP contribution in [0.2, 0.25) is 0 Å². The summed E-state index contributed by atoms with van der Waals surface area (Å²) < 4.78 is 25.3. The highest BCUT2D eigenvalue weighted by molar-refractivity contribution is 7.91. The number of para-hydroxylation sites is 1. The van der Waals surface area contributed by atoms with Crippen LogP contribution in [-0.4, -0.2) is 40.6 Å². The zero-order valence-electron chi connectivity index (χ0n) is 10.7. The van der Waals surface area contributed by atoms with E-state index in [1.165, 1.54) is 6.07 Å². The molecule has 3 rings (SSSR count). The van der Waals surface area contributed by atoms with Gasteiger partial charge >= 0.3 is 5.97 Å². The monoisotopic (exact) mass is 294 g/mol. The minimum absolute atomic E-state index is 0.0930. The second-order valence-corrected chi connectivity index (χ2v) is 7.27. The van der Waals surface area contributed by atoms with Crippen LogP contribution < -0.4 is 0 Å². The van der Waals surface area contributed by atoms with Crippen LogP contribution in [-0.2, 0) is 9.84 Å². The Morgan fingerprint density at radius 2 is 2.20 bits per heavy atom. The van der Waals surface area contributed by atoms with Crippen molar-refractivity contribution in [2.75, 3.05) is 11.5 Å². The Hall–Kier alpha value is -1.89. The number of nitrogens with zero attached hydrogens (tertiary/aromatic N) is 2. The molecule has 2 aromatic rings. The summed E-state index contributed by atoms with van der Waals surface area (Å²) in [4.78, 5) is 15.3. The van der Waals surface area contributed by atoms with Crippen LogP contribution >= 0.6 is 0 Å². The number of carboxylic acids is 1. The van der Waals surface area contributed by atoms with Gasteiger partial charge in [0.15, 0.2) is 9.84 Å². The Balaban J connectivity index is 2.09. The van der Waals surface area contributed by atoms with Gasteiger partial charge < -0.3 is 9.67 Å². The Bertz CT molecular complexity index is 779. The lowest BCUT2D eigenvalue weighted by Gasteiger charge is -2.23. The van der Waals surface area contributed by atoms with Crippen molar-refractivity contribution >= 4 is 26.8 Å². The lowest BCUT2D eigenvalue weighted by atomic mass is 10.1. The normalized spacial score (nSPS) is 21.9. The standard InChI is InChI=1S/C13H14N2O4S/c16-13(17)10-4-1-5-11-12(10)14-8-15(11)9-3-2-6-20(18,19)7-9/h1,4-5,8-9H,2-3,6-7H2,(H,16,17). The van der Waals surface area contributed by atoms with Crippen molar-refractivity contribution in [3.63, 3.8) is 0 Å². The molecule has 7 heteroatoms. The van der Waals surface area contributed by atoms with E-state index in [1.807, 2.05) is 0 Å². The van der Waals surface area contributed by atoms with Crippen LogP contribution in [0.5, 0.6) is 0 Å². The molecule has 0 aliphatic carbocycles. The average Bonchev–Trinajstić information content (AvgIpc) is 2.80. The number of rotatable bonds is 2. The number of fused-ring (bicyclic) bond motifs is 1. The van der Waals surface area contributed by atoms with E-state index in [4.69, 9.17) is 5.11 Å². The van der Waals surface area contributed by atoms with E-state index in [-0.39, 0.29) is 23.1 Å². The number of aromatic nitrogens is 2. The second kappa shape index (κ2) is 4.59. The minimum atomic E-state index is -3.02. The van der Waals surface area contributed by atoms with Crippen molar-refractivity contribution < 1.29 is 18.3 Å². The lowest BCUT2D eigenvalue weighted by molar-refractivity contribution is 0.0699. The predicted molar refractivity (Wildman–Crippen MR) is 73.6 cm³/mol. The van der Waals surface area contributed by atoms with E-state index in [0.717, 1.165) is 6.42 Å². The second-order valence-electron chi connectivity index (χ2n) is 5.04. The van der Waals surface area contributed by atoms with Crippen LogP contribution in [0.3, 0.4) is 0 Å². The van der Waals surface area contributed by atoms with Crippen molar-refractivity contribution in [2.45, 2.75) is 18.9 Å². The zero-order valence-corrected chi connectivity index (χ0v) is 11.5. The van der Waals surface area contributed by atoms with Crippen LogP contribution in [0.4, 0.5) is 0 Å². The summed E-state index contributed by atoms with van der Waals surface area (Å²) in [7, 11) is -3.02. The number of aromatic carboxylic acids is 1. The lowest BCUT2D eigenvalue weighted by Crippen LogP contribution is -2.27. The molecule has 1 aromatic carbocycles. The molecular weight excluding hydrogens is 280 g/mol. The molecule has 1 atom stereocenters. The number of hydrogen-bond donors (Lipinski definition) is 1. The van der Waals surface area contributed by atoms with Crippen molar-refractivity contribution in [3.8, 4) is 0 Å². The molecule has 0 bridgehead atoms. The third-order valence-corrected chi connectivity index (χ3v) is 5.47. The van der Waals surface area contributed by atoms with E-state index in [2.05, 4.69) is 4.98 Å². The Labute approximate surface area is 116 Å². The molecule has 0 radical (unpaired) electrons. The third kappa shape index (κ3) is 2.18. The topological polar surface area (TPSA) is 89.3 Å². The molecule has 1 aliphatic rings. The van der Waals surface area contributed by atoms with Crippen molar-refractivity contribution in [3.05, 3.63) is 30.1 Å². The molecule has 0 spiro atoms. The molecule has 1 unspecified atom stereocenters. The molecule has 6 nitrogen and oxygen atoms in total. The first-order valence-corrected chi connectivity index (χ1v) is 8.19. The first-order chi connectivity index (χ1) is 9.48. The maximum absolute atomic E-state index is 11.7. The summed E-state index contributed by atoms with van der Waals surface area (Å²) >= 11 is 0. The molecule has 0 amide bonds. The van der Waals surface area contributed by atoms with Gasteiger partial charge in [0.25, 0.3) is 0 Å². The van der Waals surface area contributed by atoms with Gasteiger partial charge in [0.05, 0.1) is 28.9 Å². The summed E-state index contributed by atoms with van der Waals surface area (Å²) in [6, 6.07) is 4.76. The Morgan fingerprint density at radius 1 is 1.40 bits per heavy atom. The summed E-state index contributed by atoms with van der Waals surface area (Å²) in [6.07, 6.45) is 2.94. The molecule has 20 heavy (non-hydrogen) atoms. The SMILES string of the molecule is O=C(O)c1cccc2c1ncn2C1CCCS(=O)(=O)C1. The minimum Gasteiger partial charge on any atom is -0.478 e. The van der Waals surface area contributed by atoms with Crippen molar-refractivity contribution in [1.82, 2.24) is 9.55 Å². The average molecular weight is 294 g/mol. The molecular formula is C13H14N2O4S. The summed E-state index contributed by atoms with van der Waals surface area (Å²) in [5.74, 6) is -0.705. The van der Waals surface area contributed by atoms with Crippen molar-refractivity contribution in [2.24, 2.45) is 0 Å². The number of benzene rings is 1. The van der Waals surface area contributed by atoms with Crippen LogP contribution in [0.25, 0.3) is 11.0 Å². The Morgan fingerprint density at radius 3 is 2.90 bits per heavy atom. The molecule has 0 saturated carbocycles.